The summed E-state index contributed by atoms with van der Waals surface area (Å²) < 4.78 is 18.1. The Morgan fingerprint density at radius 2 is 2.31 bits per heavy atom. The molecular formula is C11H15FN2O2. The van der Waals surface area contributed by atoms with Gasteiger partial charge in [0.1, 0.15) is 11.6 Å². The number of anilines is 1. The highest BCUT2D eigenvalue weighted by Gasteiger charge is 2.04. The van der Waals surface area contributed by atoms with Gasteiger partial charge in [-0.25, -0.2) is 4.39 Å². The van der Waals surface area contributed by atoms with Crippen LogP contribution in [0, 0.1) is 5.82 Å². The van der Waals surface area contributed by atoms with E-state index in [9.17, 15) is 9.18 Å². The molecule has 88 valence electrons. The number of rotatable bonds is 5. The number of nitrogens with one attached hydrogen (secondary N) is 1. The van der Waals surface area contributed by atoms with Gasteiger partial charge in [-0.2, -0.15) is 0 Å². The van der Waals surface area contributed by atoms with Crippen LogP contribution in [-0.4, -0.2) is 19.1 Å². The molecule has 0 aliphatic carbocycles. The quantitative estimate of drug-likeness (QED) is 0.744. The van der Waals surface area contributed by atoms with Crippen molar-refractivity contribution in [2.24, 2.45) is 0 Å². The summed E-state index contributed by atoms with van der Waals surface area (Å²) in [5.74, 6) is -0.483. The van der Waals surface area contributed by atoms with Gasteiger partial charge in [-0.3, -0.25) is 4.79 Å². The van der Waals surface area contributed by atoms with Crippen LogP contribution in [0.25, 0.3) is 0 Å². The van der Waals surface area contributed by atoms with E-state index in [0.717, 1.165) is 12.5 Å². The predicted molar refractivity (Wildman–Crippen MR) is 59.6 cm³/mol. The molecule has 1 amide bonds. The lowest BCUT2D eigenvalue weighted by molar-refractivity contribution is -0.123. The monoisotopic (exact) mass is 226 g/mol. The Morgan fingerprint density at radius 1 is 1.56 bits per heavy atom. The fourth-order valence-corrected chi connectivity index (χ4v) is 1.06. The van der Waals surface area contributed by atoms with E-state index in [1.165, 1.54) is 12.1 Å². The zero-order valence-electron chi connectivity index (χ0n) is 9.13. The zero-order chi connectivity index (χ0) is 12.0. The van der Waals surface area contributed by atoms with Crippen LogP contribution in [0.2, 0.25) is 0 Å². The molecule has 0 spiro atoms. The summed E-state index contributed by atoms with van der Waals surface area (Å²) in [4.78, 5) is 11.2. The Hall–Kier alpha value is -1.78. The minimum absolute atomic E-state index is 0.0581. The van der Waals surface area contributed by atoms with Gasteiger partial charge in [0, 0.05) is 12.6 Å². The van der Waals surface area contributed by atoms with Crippen LogP contribution in [0.3, 0.4) is 0 Å². The van der Waals surface area contributed by atoms with Gasteiger partial charge in [-0.1, -0.05) is 6.92 Å². The second-order valence-electron chi connectivity index (χ2n) is 3.32. The highest BCUT2D eigenvalue weighted by Crippen LogP contribution is 2.17. The summed E-state index contributed by atoms with van der Waals surface area (Å²) in [6.45, 7) is 2.44. The molecule has 1 aromatic rings. The summed E-state index contributed by atoms with van der Waals surface area (Å²) in [6, 6.07) is 4.07. The number of carbonyl (C=O) groups excluding carboxylic acids is 1. The standard InChI is InChI=1S/C11H15FN2O2/c1-2-5-14-11(15)7-16-8-3-4-10(13)9(12)6-8/h3-4,6H,2,5,7,13H2,1H3,(H,14,15). The zero-order valence-corrected chi connectivity index (χ0v) is 9.13. The van der Waals surface area contributed by atoms with E-state index in [4.69, 9.17) is 10.5 Å². The van der Waals surface area contributed by atoms with Gasteiger partial charge in [-0.15, -0.1) is 0 Å². The molecule has 0 bridgehead atoms. The average molecular weight is 226 g/mol. The van der Waals surface area contributed by atoms with Gasteiger partial charge in [-0.05, 0) is 18.6 Å². The highest BCUT2D eigenvalue weighted by molar-refractivity contribution is 5.77. The molecule has 1 aromatic carbocycles. The molecule has 0 aliphatic rings. The summed E-state index contributed by atoms with van der Waals surface area (Å²) in [5, 5.41) is 2.65. The Bertz CT molecular complexity index is 369. The van der Waals surface area contributed by atoms with E-state index in [-0.39, 0.29) is 18.2 Å². The van der Waals surface area contributed by atoms with E-state index < -0.39 is 5.82 Å². The lowest BCUT2D eigenvalue weighted by atomic mass is 10.3. The number of ether oxygens (including phenoxy) is 1. The second kappa shape index (κ2) is 5.95. The maximum atomic E-state index is 13.0. The van der Waals surface area contributed by atoms with Crippen LogP contribution in [-0.2, 0) is 4.79 Å². The molecule has 0 aromatic heterocycles. The van der Waals surface area contributed by atoms with Crippen molar-refractivity contribution < 1.29 is 13.9 Å². The first-order valence-electron chi connectivity index (χ1n) is 5.08. The Labute approximate surface area is 93.6 Å². The van der Waals surface area contributed by atoms with Crippen LogP contribution in [0.5, 0.6) is 5.75 Å². The first-order chi connectivity index (χ1) is 7.63. The molecule has 0 radical (unpaired) electrons. The molecule has 1 rings (SSSR count). The minimum atomic E-state index is -0.550. The number of carbonyl (C=O) groups is 1. The number of hydrogen-bond donors (Lipinski definition) is 2. The van der Waals surface area contributed by atoms with Crippen LogP contribution in [0.4, 0.5) is 10.1 Å². The molecule has 3 N–H and O–H groups in total. The summed E-state index contributed by atoms with van der Waals surface area (Å²) in [7, 11) is 0. The maximum Gasteiger partial charge on any atom is 0.257 e. The fourth-order valence-electron chi connectivity index (χ4n) is 1.06. The van der Waals surface area contributed by atoms with Gasteiger partial charge in [0.05, 0.1) is 5.69 Å². The summed E-state index contributed by atoms with van der Waals surface area (Å²) in [6.07, 6.45) is 0.863. The predicted octanol–water partition coefficient (Wildman–Crippen LogP) is 1.31. The number of benzene rings is 1. The van der Waals surface area contributed by atoms with Crippen LogP contribution in [0.15, 0.2) is 18.2 Å². The lowest BCUT2D eigenvalue weighted by Gasteiger charge is -2.07. The molecule has 0 fully saturated rings. The van der Waals surface area contributed by atoms with E-state index in [0.29, 0.717) is 12.3 Å². The molecule has 16 heavy (non-hydrogen) atoms. The largest absolute Gasteiger partial charge is 0.484 e. The first-order valence-corrected chi connectivity index (χ1v) is 5.08. The van der Waals surface area contributed by atoms with Crippen molar-refractivity contribution in [1.82, 2.24) is 5.32 Å². The molecule has 4 nitrogen and oxygen atoms in total. The number of hydrogen-bond acceptors (Lipinski definition) is 3. The van der Waals surface area contributed by atoms with Gasteiger partial charge < -0.3 is 15.8 Å². The molecule has 0 aliphatic heterocycles. The van der Waals surface area contributed by atoms with Crippen LogP contribution in [0.1, 0.15) is 13.3 Å². The maximum absolute atomic E-state index is 13.0. The van der Waals surface area contributed by atoms with E-state index >= 15 is 0 Å². The molecule has 0 heterocycles. The molecular weight excluding hydrogens is 211 g/mol. The SMILES string of the molecule is CCCNC(=O)COc1ccc(N)c(F)c1. The van der Waals surface area contributed by atoms with Gasteiger partial charge in [0.25, 0.3) is 5.91 Å². The molecule has 5 heteroatoms. The van der Waals surface area contributed by atoms with Gasteiger partial charge in [0.2, 0.25) is 0 Å². The molecule has 0 atom stereocenters. The lowest BCUT2D eigenvalue weighted by Crippen LogP contribution is -2.29. The number of amides is 1. The topological polar surface area (TPSA) is 64.3 Å². The van der Waals surface area contributed by atoms with Crippen LogP contribution >= 0.6 is 0 Å². The van der Waals surface area contributed by atoms with Gasteiger partial charge >= 0.3 is 0 Å². The highest BCUT2D eigenvalue weighted by atomic mass is 19.1. The number of nitrogens with two attached hydrogens (primary N) is 1. The van der Waals surface area contributed by atoms with Crippen molar-refractivity contribution >= 4 is 11.6 Å². The normalized spacial score (nSPS) is 9.88. The third-order valence-corrected chi connectivity index (χ3v) is 1.91. The Kier molecular flexibility index (Phi) is 4.57. The van der Waals surface area contributed by atoms with Crippen LogP contribution < -0.4 is 15.8 Å². The Balaban J connectivity index is 2.42. The van der Waals surface area contributed by atoms with Crippen molar-refractivity contribution in [3.8, 4) is 5.75 Å². The van der Waals surface area contributed by atoms with Crippen molar-refractivity contribution in [1.29, 1.82) is 0 Å². The smallest absolute Gasteiger partial charge is 0.257 e. The van der Waals surface area contributed by atoms with Crippen molar-refractivity contribution in [2.75, 3.05) is 18.9 Å². The molecule has 0 unspecified atom stereocenters. The van der Waals surface area contributed by atoms with E-state index in [1.807, 2.05) is 6.92 Å². The number of nitrogen functional groups attached to an aromatic ring is 1. The average Bonchev–Trinajstić information content (AvgIpc) is 2.28. The third-order valence-electron chi connectivity index (χ3n) is 1.91. The van der Waals surface area contributed by atoms with Crippen molar-refractivity contribution in [2.45, 2.75) is 13.3 Å². The number of halogens is 1. The van der Waals surface area contributed by atoms with E-state index in [2.05, 4.69) is 5.32 Å². The van der Waals surface area contributed by atoms with Crippen molar-refractivity contribution in [3.05, 3.63) is 24.0 Å². The third kappa shape index (κ3) is 3.76. The van der Waals surface area contributed by atoms with Crippen molar-refractivity contribution in [3.63, 3.8) is 0 Å². The summed E-state index contributed by atoms with van der Waals surface area (Å²) in [5.41, 5.74) is 5.36. The molecule has 0 saturated heterocycles. The van der Waals surface area contributed by atoms with Gasteiger partial charge in [0.15, 0.2) is 6.61 Å². The summed E-state index contributed by atoms with van der Waals surface area (Å²) >= 11 is 0. The second-order valence-corrected chi connectivity index (χ2v) is 3.32. The fraction of sp³-hybridized carbons (Fsp3) is 0.364. The molecule has 0 saturated carbocycles. The Morgan fingerprint density at radius 3 is 2.94 bits per heavy atom. The van der Waals surface area contributed by atoms with E-state index in [1.54, 1.807) is 0 Å². The first kappa shape index (κ1) is 12.3. The minimum Gasteiger partial charge on any atom is -0.484 e.